The Labute approximate surface area is 172 Å². The molecular weight excluding hydrogens is 384 g/mol. The fourth-order valence-corrected chi connectivity index (χ4v) is 3.85. The fourth-order valence-electron chi connectivity index (χ4n) is 3.10. The van der Waals surface area contributed by atoms with Crippen molar-refractivity contribution in [2.45, 2.75) is 52.3 Å². The first-order valence-electron chi connectivity index (χ1n) is 10.0. The predicted octanol–water partition coefficient (Wildman–Crippen LogP) is 4.41. The van der Waals surface area contributed by atoms with E-state index in [2.05, 4.69) is 36.8 Å². The van der Waals surface area contributed by atoms with Crippen LogP contribution < -0.4 is 0 Å². The molecule has 0 atom stereocenters. The minimum atomic E-state index is -1.15. The Morgan fingerprint density at radius 3 is 2.69 bits per heavy atom. The quantitative estimate of drug-likeness (QED) is 0.295. The van der Waals surface area contributed by atoms with Gasteiger partial charge in [0.2, 0.25) is 0 Å². The van der Waals surface area contributed by atoms with Gasteiger partial charge in [-0.15, -0.1) is 0 Å². The van der Waals surface area contributed by atoms with Gasteiger partial charge in [0.15, 0.2) is 5.69 Å². The van der Waals surface area contributed by atoms with Crippen LogP contribution >= 0.6 is 0 Å². The molecule has 0 spiro atoms. The minimum absolute atomic E-state index is 0.305. The second kappa shape index (κ2) is 8.92. The van der Waals surface area contributed by atoms with E-state index < -0.39 is 14.0 Å². The SMILES string of the molecule is CCCn1cc(-c2ccc3c(c2)c(C(=O)OC)nn3COCC[Si](C)(C)C)cn1. The van der Waals surface area contributed by atoms with Crippen LogP contribution in [0.4, 0.5) is 0 Å². The molecule has 0 saturated heterocycles. The second-order valence-electron chi connectivity index (χ2n) is 8.41. The summed E-state index contributed by atoms with van der Waals surface area (Å²) >= 11 is 0. The van der Waals surface area contributed by atoms with E-state index in [1.165, 1.54) is 7.11 Å². The number of carbonyl (C=O) groups excluding carboxylic acids is 1. The van der Waals surface area contributed by atoms with Crippen LogP contribution in [-0.4, -0.2) is 47.3 Å². The van der Waals surface area contributed by atoms with Crippen molar-refractivity contribution < 1.29 is 14.3 Å². The average molecular weight is 415 g/mol. The lowest BCUT2D eigenvalue weighted by Gasteiger charge is -2.15. The third-order valence-electron chi connectivity index (χ3n) is 4.76. The number of methoxy groups -OCH3 is 1. The van der Waals surface area contributed by atoms with Crippen LogP contribution in [0.5, 0.6) is 0 Å². The Morgan fingerprint density at radius 1 is 1.21 bits per heavy atom. The second-order valence-corrected chi connectivity index (χ2v) is 14.0. The topological polar surface area (TPSA) is 71.2 Å². The van der Waals surface area contributed by atoms with Crippen LogP contribution in [-0.2, 0) is 22.7 Å². The normalized spacial score (nSPS) is 11.9. The van der Waals surface area contributed by atoms with Gasteiger partial charge < -0.3 is 9.47 Å². The Bertz CT molecular complexity index is 988. The third kappa shape index (κ3) is 5.13. The molecule has 2 heterocycles. The summed E-state index contributed by atoms with van der Waals surface area (Å²) in [7, 11) is 0.218. The number of esters is 1. The van der Waals surface area contributed by atoms with Gasteiger partial charge in [0.25, 0.3) is 0 Å². The summed E-state index contributed by atoms with van der Waals surface area (Å²) < 4.78 is 14.4. The highest BCUT2D eigenvalue weighted by molar-refractivity contribution is 6.76. The number of rotatable bonds is 9. The molecule has 0 N–H and O–H groups in total. The lowest BCUT2D eigenvalue weighted by Crippen LogP contribution is -2.22. The summed E-state index contributed by atoms with van der Waals surface area (Å²) in [6.45, 7) is 11.0. The number of aryl methyl sites for hydroxylation is 1. The van der Waals surface area contributed by atoms with E-state index in [9.17, 15) is 4.79 Å². The van der Waals surface area contributed by atoms with Crippen LogP contribution in [0.3, 0.4) is 0 Å². The molecule has 0 aliphatic heterocycles. The number of nitrogens with zero attached hydrogens (tertiary/aromatic N) is 4. The summed E-state index contributed by atoms with van der Waals surface area (Å²) in [5.74, 6) is -0.449. The highest BCUT2D eigenvalue weighted by Crippen LogP contribution is 2.27. The van der Waals surface area contributed by atoms with Crippen LogP contribution in [0, 0.1) is 0 Å². The van der Waals surface area contributed by atoms with Gasteiger partial charge in [-0.1, -0.05) is 32.6 Å². The molecule has 0 aliphatic rings. The molecule has 0 radical (unpaired) electrons. The average Bonchev–Trinajstić information content (AvgIpc) is 3.29. The zero-order valence-electron chi connectivity index (χ0n) is 17.9. The van der Waals surface area contributed by atoms with E-state index in [4.69, 9.17) is 9.47 Å². The van der Waals surface area contributed by atoms with Crippen LogP contribution in [0.25, 0.3) is 22.0 Å². The predicted molar refractivity (Wildman–Crippen MR) is 117 cm³/mol. The number of hydrogen-bond acceptors (Lipinski definition) is 5. The Kier molecular flexibility index (Phi) is 6.54. The first-order chi connectivity index (χ1) is 13.8. The lowest BCUT2D eigenvalue weighted by molar-refractivity contribution is 0.0585. The summed E-state index contributed by atoms with van der Waals surface area (Å²) in [4.78, 5) is 12.3. The molecule has 3 aromatic rings. The maximum atomic E-state index is 12.3. The van der Waals surface area contributed by atoms with Crippen molar-refractivity contribution in [3.63, 3.8) is 0 Å². The third-order valence-corrected chi connectivity index (χ3v) is 6.46. The molecule has 2 aromatic heterocycles. The molecular formula is C21H30N4O3Si. The number of ether oxygens (including phenoxy) is 2. The van der Waals surface area contributed by atoms with Gasteiger partial charge in [-0.05, 0) is 30.2 Å². The summed E-state index contributed by atoms with van der Waals surface area (Å²) in [6, 6.07) is 7.06. The zero-order chi connectivity index (χ0) is 21.0. The minimum Gasteiger partial charge on any atom is -0.464 e. The van der Waals surface area contributed by atoms with Crippen molar-refractivity contribution in [3.8, 4) is 11.1 Å². The molecule has 0 bridgehead atoms. The van der Waals surface area contributed by atoms with Crippen LogP contribution in [0.1, 0.15) is 23.8 Å². The van der Waals surface area contributed by atoms with E-state index in [1.807, 2.05) is 35.3 Å². The van der Waals surface area contributed by atoms with Crippen molar-refractivity contribution in [1.29, 1.82) is 0 Å². The highest BCUT2D eigenvalue weighted by Gasteiger charge is 2.19. The number of benzene rings is 1. The standard InChI is InChI=1S/C21H30N4O3Si/c1-6-9-24-14-17(13-22-24)16-7-8-19-18(12-16)20(21(26)27-2)23-25(19)15-28-10-11-29(3,4)5/h7-8,12-14H,6,9-11,15H2,1-5H3. The molecule has 0 aliphatic carbocycles. The van der Waals surface area contributed by atoms with E-state index >= 15 is 0 Å². The van der Waals surface area contributed by atoms with Gasteiger partial charge in [-0.25, -0.2) is 9.48 Å². The molecule has 0 saturated carbocycles. The lowest BCUT2D eigenvalue weighted by atomic mass is 10.1. The van der Waals surface area contributed by atoms with E-state index in [-0.39, 0.29) is 0 Å². The van der Waals surface area contributed by atoms with Crippen molar-refractivity contribution in [3.05, 3.63) is 36.3 Å². The van der Waals surface area contributed by atoms with Crippen LogP contribution in [0.2, 0.25) is 25.7 Å². The summed E-state index contributed by atoms with van der Waals surface area (Å²) in [5.41, 5.74) is 3.15. The van der Waals surface area contributed by atoms with E-state index in [0.29, 0.717) is 19.0 Å². The smallest absolute Gasteiger partial charge is 0.359 e. The van der Waals surface area contributed by atoms with Gasteiger partial charge in [0.05, 0.1) is 18.8 Å². The molecule has 8 heteroatoms. The molecule has 0 unspecified atom stereocenters. The van der Waals surface area contributed by atoms with E-state index in [0.717, 1.165) is 41.0 Å². The Hall–Kier alpha value is -2.45. The maximum Gasteiger partial charge on any atom is 0.359 e. The zero-order valence-corrected chi connectivity index (χ0v) is 18.9. The Morgan fingerprint density at radius 2 is 2.00 bits per heavy atom. The number of fused-ring (bicyclic) bond motifs is 1. The van der Waals surface area contributed by atoms with Crippen molar-refractivity contribution in [1.82, 2.24) is 19.6 Å². The van der Waals surface area contributed by atoms with Gasteiger partial charge in [0.1, 0.15) is 6.73 Å². The van der Waals surface area contributed by atoms with Gasteiger partial charge in [-0.3, -0.25) is 4.68 Å². The fraction of sp³-hybridized carbons (Fsp3) is 0.476. The van der Waals surface area contributed by atoms with Crippen LogP contribution in [0.15, 0.2) is 30.6 Å². The largest absolute Gasteiger partial charge is 0.464 e. The number of carbonyl (C=O) groups is 1. The van der Waals surface area contributed by atoms with Gasteiger partial charge >= 0.3 is 5.97 Å². The summed E-state index contributed by atoms with van der Waals surface area (Å²) in [6.07, 6.45) is 4.89. The monoisotopic (exact) mass is 414 g/mol. The first kappa shape index (κ1) is 21.3. The summed E-state index contributed by atoms with van der Waals surface area (Å²) in [5, 5.41) is 9.63. The number of hydrogen-bond donors (Lipinski definition) is 0. The molecule has 3 rings (SSSR count). The highest BCUT2D eigenvalue weighted by atomic mass is 28.3. The molecule has 29 heavy (non-hydrogen) atoms. The van der Waals surface area contributed by atoms with E-state index in [1.54, 1.807) is 4.68 Å². The van der Waals surface area contributed by atoms with Crippen molar-refractivity contribution in [2.75, 3.05) is 13.7 Å². The first-order valence-corrected chi connectivity index (χ1v) is 13.7. The molecule has 0 fully saturated rings. The number of aromatic nitrogens is 4. The molecule has 1 aromatic carbocycles. The molecule has 7 nitrogen and oxygen atoms in total. The molecule has 156 valence electrons. The van der Waals surface area contributed by atoms with Gasteiger partial charge in [-0.2, -0.15) is 10.2 Å². The van der Waals surface area contributed by atoms with Crippen molar-refractivity contribution in [2.24, 2.45) is 0 Å². The Balaban J connectivity index is 1.90. The van der Waals surface area contributed by atoms with Crippen molar-refractivity contribution >= 4 is 24.9 Å². The molecule has 0 amide bonds. The maximum absolute atomic E-state index is 12.3. The van der Waals surface area contributed by atoms with Gasteiger partial charge in [0, 0.05) is 38.4 Å².